The van der Waals surface area contributed by atoms with E-state index in [9.17, 15) is 19.3 Å². The maximum Gasteiger partial charge on any atom is 0.390 e. The summed E-state index contributed by atoms with van der Waals surface area (Å²) in [5.74, 6) is -0.527. The Balaban J connectivity index is 1.53. The molecule has 0 radical (unpaired) electrons. The Labute approximate surface area is 187 Å². The van der Waals surface area contributed by atoms with Gasteiger partial charge in [-0.15, -0.1) is 0 Å². The van der Waals surface area contributed by atoms with E-state index in [1.165, 1.54) is 16.8 Å². The first-order valence-electron chi connectivity index (χ1n) is 9.96. The van der Waals surface area contributed by atoms with E-state index in [0.29, 0.717) is 22.6 Å². The second-order valence-electron chi connectivity index (χ2n) is 7.50. The zero-order valence-corrected chi connectivity index (χ0v) is 18.1. The van der Waals surface area contributed by atoms with Gasteiger partial charge in [0.15, 0.2) is 11.5 Å². The van der Waals surface area contributed by atoms with Gasteiger partial charge in [-0.2, -0.15) is 9.78 Å². The summed E-state index contributed by atoms with van der Waals surface area (Å²) in [6.07, 6.45) is 0. The highest BCUT2D eigenvalue weighted by atomic mass is 19.1. The lowest BCUT2D eigenvalue weighted by atomic mass is 10.2. The molecule has 0 unspecified atom stereocenters. The Kier molecular flexibility index (Phi) is 5.73. The molecule has 1 amide bonds. The highest BCUT2D eigenvalue weighted by Crippen LogP contribution is 2.20. The first-order chi connectivity index (χ1) is 15.7. The molecule has 11 nitrogen and oxygen atoms in total. The Bertz CT molecular complexity index is 1350. The van der Waals surface area contributed by atoms with Crippen LogP contribution in [0.1, 0.15) is 38.8 Å². The summed E-state index contributed by atoms with van der Waals surface area (Å²) in [5, 5.41) is 25.8. The number of anilines is 1. The number of amides is 1. The van der Waals surface area contributed by atoms with Crippen molar-refractivity contribution < 1.29 is 18.6 Å². The lowest BCUT2D eigenvalue weighted by Gasteiger charge is -2.05. The second kappa shape index (κ2) is 8.65. The SMILES string of the molecule is Cc1onc(C(=O)Nc2cc(C)n(Cc3ccccc3F)n2)c1Cn1nc([N+](=O)[O-])cc1C. The Morgan fingerprint density at radius 3 is 2.52 bits per heavy atom. The predicted molar refractivity (Wildman–Crippen MR) is 114 cm³/mol. The van der Waals surface area contributed by atoms with E-state index in [-0.39, 0.29) is 36.2 Å². The maximum atomic E-state index is 14.0. The van der Waals surface area contributed by atoms with E-state index in [1.807, 2.05) is 0 Å². The van der Waals surface area contributed by atoms with Gasteiger partial charge in [-0.3, -0.25) is 9.48 Å². The molecule has 3 heterocycles. The summed E-state index contributed by atoms with van der Waals surface area (Å²) in [6.45, 7) is 5.38. The monoisotopic (exact) mass is 453 g/mol. The number of carbonyl (C=O) groups excluding carboxylic acids is 1. The van der Waals surface area contributed by atoms with Gasteiger partial charge in [0.25, 0.3) is 5.91 Å². The summed E-state index contributed by atoms with van der Waals surface area (Å²) >= 11 is 0. The molecule has 1 N–H and O–H groups in total. The second-order valence-corrected chi connectivity index (χ2v) is 7.50. The van der Waals surface area contributed by atoms with Crippen molar-refractivity contribution in [3.63, 3.8) is 0 Å². The zero-order chi connectivity index (χ0) is 23.7. The first kappa shape index (κ1) is 21.9. The molecule has 4 aromatic rings. The van der Waals surface area contributed by atoms with Crippen molar-refractivity contribution in [2.75, 3.05) is 5.32 Å². The van der Waals surface area contributed by atoms with Gasteiger partial charge in [-0.25, -0.2) is 4.39 Å². The largest absolute Gasteiger partial charge is 0.390 e. The molecule has 0 aliphatic heterocycles. The number of aryl methyl sites for hydroxylation is 3. The van der Waals surface area contributed by atoms with Gasteiger partial charge in [0.1, 0.15) is 11.6 Å². The number of nitrogens with one attached hydrogen (secondary N) is 1. The van der Waals surface area contributed by atoms with Crippen LogP contribution in [-0.2, 0) is 13.1 Å². The summed E-state index contributed by atoms with van der Waals surface area (Å²) in [6, 6.07) is 9.40. The number of carbonyl (C=O) groups is 1. The minimum absolute atomic E-state index is 0.0198. The number of rotatable bonds is 7. The van der Waals surface area contributed by atoms with Crippen molar-refractivity contribution in [3.05, 3.63) is 86.3 Å². The van der Waals surface area contributed by atoms with Gasteiger partial charge < -0.3 is 20.0 Å². The van der Waals surface area contributed by atoms with Crippen molar-refractivity contribution in [2.24, 2.45) is 0 Å². The molecule has 0 bridgehead atoms. The number of halogens is 1. The molecule has 33 heavy (non-hydrogen) atoms. The average molecular weight is 453 g/mol. The third kappa shape index (κ3) is 4.49. The fourth-order valence-electron chi connectivity index (χ4n) is 3.34. The number of nitrogens with zero attached hydrogens (tertiary/aromatic N) is 6. The van der Waals surface area contributed by atoms with Crippen molar-refractivity contribution in [1.29, 1.82) is 0 Å². The standard InChI is InChI=1S/C21H20FN7O4/c1-12-8-18(24-27(12)10-15-6-4-5-7-17(15)22)23-21(30)20-16(14(3)33-26-20)11-28-13(2)9-19(25-28)29(31)32/h4-9H,10-11H2,1-3H3,(H,23,24,30). The first-order valence-corrected chi connectivity index (χ1v) is 9.96. The molecule has 0 spiro atoms. The molecule has 0 atom stereocenters. The summed E-state index contributed by atoms with van der Waals surface area (Å²) in [7, 11) is 0. The number of nitro groups is 1. The zero-order valence-electron chi connectivity index (χ0n) is 18.1. The van der Waals surface area contributed by atoms with Crippen LogP contribution in [0.3, 0.4) is 0 Å². The van der Waals surface area contributed by atoms with Crippen LogP contribution in [0, 0.1) is 36.7 Å². The van der Waals surface area contributed by atoms with Crippen LogP contribution >= 0.6 is 0 Å². The third-order valence-electron chi connectivity index (χ3n) is 5.16. The fourth-order valence-corrected chi connectivity index (χ4v) is 3.34. The molecule has 1 aromatic carbocycles. The van der Waals surface area contributed by atoms with E-state index in [4.69, 9.17) is 4.52 Å². The van der Waals surface area contributed by atoms with Crippen LogP contribution in [0.4, 0.5) is 16.0 Å². The molecule has 3 aromatic heterocycles. The summed E-state index contributed by atoms with van der Waals surface area (Å²) < 4.78 is 22.1. The van der Waals surface area contributed by atoms with Gasteiger partial charge in [0, 0.05) is 17.3 Å². The lowest BCUT2D eigenvalue weighted by molar-refractivity contribution is -0.389. The molecule has 12 heteroatoms. The predicted octanol–water partition coefficient (Wildman–Crippen LogP) is 3.39. The van der Waals surface area contributed by atoms with Crippen LogP contribution in [0.5, 0.6) is 0 Å². The average Bonchev–Trinajstić information content (AvgIpc) is 3.42. The quantitative estimate of drug-likeness (QED) is 0.335. The molecule has 0 aliphatic rings. The lowest BCUT2D eigenvalue weighted by Crippen LogP contribution is -2.17. The van der Waals surface area contributed by atoms with Crippen molar-refractivity contribution in [2.45, 2.75) is 33.9 Å². The molecule has 4 rings (SSSR count). The minimum atomic E-state index is -0.586. The van der Waals surface area contributed by atoms with Gasteiger partial charge in [-0.1, -0.05) is 23.4 Å². The molecule has 0 aliphatic carbocycles. The van der Waals surface area contributed by atoms with Crippen LogP contribution < -0.4 is 5.32 Å². The van der Waals surface area contributed by atoms with E-state index < -0.39 is 10.8 Å². The fraction of sp³-hybridized carbons (Fsp3) is 0.238. The minimum Gasteiger partial charge on any atom is -0.361 e. The number of aromatic nitrogens is 5. The summed E-state index contributed by atoms with van der Waals surface area (Å²) in [5.41, 5.74) is 2.21. The van der Waals surface area contributed by atoms with Gasteiger partial charge >= 0.3 is 5.82 Å². The Hall–Kier alpha value is -4.35. The number of hydrogen-bond donors (Lipinski definition) is 1. The summed E-state index contributed by atoms with van der Waals surface area (Å²) in [4.78, 5) is 23.3. The smallest absolute Gasteiger partial charge is 0.361 e. The van der Waals surface area contributed by atoms with Crippen molar-refractivity contribution in [3.8, 4) is 0 Å². The Morgan fingerprint density at radius 1 is 1.12 bits per heavy atom. The van der Waals surface area contributed by atoms with Crippen LogP contribution in [0.2, 0.25) is 0 Å². The molecule has 0 saturated carbocycles. The van der Waals surface area contributed by atoms with Crippen LogP contribution in [0.15, 0.2) is 40.9 Å². The molecular weight excluding hydrogens is 433 g/mol. The third-order valence-corrected chi connectivity index (χ3v) is 5.16. The number of hydrogen-bond acceptors (Lipinski definition) is 7. The van der Waals surface area contributed by atoms with E-state index in [0.717, 1.165) is 5.69 Å². The van der Waals surface area contributed by atoms with Gasteiger partial charge in [0.05, 0.1) is 35.5 Å². The highest BCUT2D eigenvalue weighted by molar-refractivity contribution is 6.03. The van der Waals surface area contributed by atoms with E-state index >= 15 is 0 Å². The Morgan fingerprint density at radius 2 is 1.82 bits per heavy atom. The highest BCUT2D eigenvalue weighted by Gasteiger charge is 2.24. The molecule has 0 saturated heterocycles. The number of benzene rings is 1. The van der Waals surface area contributed by atoms with Gasteiger partial charge in [-0.05, 0) is 31.8 Å². The molecule has 170 valence electrons. The molecular formula is C21H20FN7O4. The van der Waals surface area contributed by atoms with E-state index in [2.05, 4.69) is 20.7 Å². The van der Waals surface area contributed by atoms with Crippen LogP contribution in [-0.4, -0.2) is 35.5 Å². The van der Waals surface area contributed by atoms with Crippen molar-refractivity contribution in [1.82, 2.24) is 24.7 Å². The molecule has 0 fully saturated rings. The normalized spacial score (nSPS) is 11.0. The topological polar surface area (TPSA) is 134 Å². The maximum absolute atomic E-state index is 14.0. The van der Waals surface area contributed by atoms with Crippen LogP contribution in [0.25, 0.3) is 0 Å². The van der Waals surface area contributed by atoms with E-state index in [1.54, 1.807) is 49.7 Å². The van der Waals surface area contributed by atoms with Gasteiger partial charge in [0.2, 0.25) is 0 Å². The van der Waals surface area contributed by atoms with Crippen molar-refractivity contribution >= 4 is 17.5 Å².